The second-order valence-corrected chi connectivity index (χ2v) is 7.39. The lowest BCUT2D eigenvalue weighted by atomic mass is 10.2. The standard InChI is InChI=1S/C16H16N2O7S/c1-17(2)26(22,23)14-10-11(16(19)24-3)9-13(18(20)21)15(14)25-12-7-5-4-6-8-12/h4-10H,1-3H3. The molecule has 26 heavy (non-hydrogen) atoms. The van der Waals surface area contributed by atoms with Crippen LogP contribution in [0, 0.1) is 10.1 Å². The minimum Gasteiger partial charge on any atom is -0.465 e. The molecule has 138 valence electrons. The van der Waals surface area contributed by atoms with Crippen molar-refractivity contribution in [2.24, 2.45) is 0 Å². The normalized spacial score (nSPS) is 11.2. The molecule has 0 aromatic heterocycles. The molecule has 0 N–H and O–H groups in total. The number of benzene rings is 2. The van der Waals surface area contributed by atoms with Gasteiger partial charge >= 0.3 is 11.7 Å². The van der Waals surface area contributed by atoms with E-state index in [1.165, 1.54) is 26.2 Å². The molecule has 0 aliphatic rings. The van der Waals surface area contributed by atoms with Crippen molar-refractivity contribution in [1.82, 2.24) is 4.31 Å². The maximum absolute atomic E-state index is 12.7. The quantitative estimate of drug-likeness (QED) is 0.429. The second kappa shape index (κ2) is 7.50. The first kappa shape index (κ1) is 19.3. The Bertz CT molecular complexity index is 941. The van der Waals surface area contributed by atoms with Crippen LogP contribution in [0.4, 0.5) is 5.69 Å². The average molecular weight is 380 g/mol. The van der Waals surface area contributed by atoms with Crippen LogP contribution in [0.25, 0.3) is 0 Å². The van der Waals surface area contributed by atoms with Crippen molar-refractivity contribution in [1.29, 1.82) is 0 Å². The summed E-state index contributed by atoms with van der Waals surface area (Å²) in [5.74, 6) is -1.19. The summed E-state index contributed by atoms with van der Waals surface area (Å²) >= 11 is 0. The minimum atomic E-state index is -4.15. The molecule has 0 atom stereocenters. The minimum absolute atomic E-state index is 0.205. The van der Waals surface area contributed by atoms with Crippen LogP contribution in [0.2, 0.25) is 0 Å². The van der Waals surface area contributed by atoms with Crippen LogP contribution in [0.1, 0.15) is 10.4 Å². The van der Waals surface area contributed by atoms with Gasteiger partial charge in [0.05, 0.1) is 17.6 Å². The third kappa shape index (κ3) is 3.81. The zero-order chi connectivity index (χ0) is 19.5. The zero-order valence-electron chi connectivity index (χ0n) is 14.2. The smallest absolute Gasteiger partial charge is 0.338 e. The van der Waals surface area contributed by atoms with Crippen LogP contribution in [0.3, 0.4) is 0 Å². The Labute approximate surface area is 150 Å². The van der Waals surface area contributed by atoms with E-state index in [-0.39, 0.29) is 11.3 Å². The SMILES string of the molecule is COC(=O)c1cc([N+](=O)[O-])c(Oc2ccccc2)c(S(=O)(=O)N(C)C)c1. The number of carbonyl (C=O) groups excluding carboxylic acids is 1. The summed E-state index contributed by atoms with van der Waals surface area (Å²) in [6, 6.07) is 9.91. The van der Waals surface area contributed by atoms with Gasteiger partial charge in [-0.15, -0.1) is 0 Å². The number of nitro groups is 1. The second-order valence-electron chi connectivity index (χ2n) is 5.27. The van der Waals surface area contributed by atoms with Crippen LogP contribution >= 0.6 is 0 Å². The maximum Gasteiger partial charge on any atom is 0.338 e. The number of ether oxygens (including phenoxy) is 2. The molecular formula is C16H16N2O7S. The molecule has 0 saturated carbocycles. The van der Waals surface area contributed by atoms with Gasteiger partial charge in [0.25, 0.3) is 0 Å². The summed E-state index contributed by atoms with van der Waals surface area (Å²) < 4.78 is 36.2. The fraction of sp³-hybridized carbons (Fsp3) is 0.188. The van der Waals surface area contributed by atoms with Gasteiger partial charge in [0.1, 0.15) is 10.6 Å². The summed E-state index contributed by atoms with van der Waals surface area (Å²) in [7, 11) is -0.541. The number of nitrogens with zero attached hydrogens (tertiary/aromatic N) is 2. The highest BCUT2D eigenvalue weighted by molar-refractivity contribution is 7.89. The monoisotopic (exact) mass is 380 g/mol. The van der Waals surface area contributed by atoms with E-state index in [1.807, 2.05) is 0 Å². The highest BCUT2D eigenvalue weighted by Crippen LogP contribution is 2.39. The van der Waals surface area contributed by atoms with Gasteiger partial charge in [-0.3, -0.25) is 10.1 Å². The number of rotatable bonds is 6. The van der Waals surface area contributed by atoms with Gasteiger partial charge in [0.15, 0.2) is 0 Å². The summed E-state index contributed by atoms with van der Waals surface area (Å²) in [5, 5.41) is 11.5. The molecular weight excluding hydrogens is 364 g/mol. The van der Waals surface area contributed by atoms with E-state index in [0.717, 1.165) is 23.5 Å². The van der Waals surface area contributed by atoms with Gasteiger partial charge < -0.3 is 9.47 Å². The van der Waals surface area contributed by atoms with E-state index in [1.54, 1.807) is 18.2 Å². The van der Waals surface area contributed by atoms with E-state index in [2.05, 4.69) is 4.74 Å². The van der Waals surface area contributed by atoms with Crippen molar-refractivity contribution in [2.45, 2.75) is 4.90 Å². The average Bonchev–Trinajstić information content (AvgIpc) is 2.61. The van der Waals surface area contributed by atoms with Crippen LogP contribution in [-0.4, -0.2) is 44.8 Å². The largest absolute Gasteiger partial charge is 0.465 e. The fourth-order valence-corrected chi connectivity index (χ4v) is 3.11. The highest BCUT2D eigenvalue weighted by atomic mass is 32.2. The molecule has 0 heterocycles. The number of esters is 1. The summed E-state index contributed by atoms with van der Waals surface area (Å²) in [6.07, 6.45) is 0. The number of methoxy groups -OCH3 is 1. The lowest BCUT2D eigenvalue weighted by Crippen LogP contribution is -2.23. The predicted molar refractivity (Wildman–Crippen MR) is 91.8 cm³/mol. The van der Waals surface area contributed by atoms with Gasteiger partial charge in [-0.1, -0.05) is 18.2 Å². The topological polar surface area (TPSA) is 116 Å². The Morgan fingerprint density at radius 3 is 2.27 bits per heavy atom. The van der Waals surface area contributed by atoms with Crippen LogP contribution in [0.15, 0.2) is 47.4 Å². The number of nitro benzene ring substituents is 1. The molecule has 0 aliphatic heterocycles. The molecule has 0 aliphatic carbocycles. The molecule has 0 saturated heterocycles. The van der Waals surface area contributed by atoms with Crippen LogP contribution in [0.5, 0.6) is 11.5 Å². The molecule has 0 fully saturated rings. The van der Waals surface area contributed by atoms with Gasteiger partial charge in [-0.05, 0) is 18.2 Å². The third-order valence-corrected chi connectivity index (χ3v) is 5.20. The fourth-order valence-electron chi connectivity index (χ4n) is 2.06. The molecule has 0 radical (unpaired) electrons. The molecule has 2 aromatic rings. The van der Waals surface area contributed by atoms with Crippen molar-refractivity contribution in [3.8, 4) is 11.5 Å². The summed E-state index contributed by atoms with van der Waals surface area (Å²) in [5.41, 5.74) is -0.947. The summed E-state index contributed by atoms with van der Waals surface area (Å²) in [4.78, 5) is 22.0. The Hall–Kier alpha value is -2.98. The van der Waals surface area contributed by atoms with Crippen LogP contribution < -0.4 is 4.74 Å². The first-order valence-electron chi connectivity index (χ1n) is 7.24. The van der Waals surface area contributed by atoms with Crippen LogP contribution in [-0.2, 0) is 14.8 Å². The van der Waals surface area contributed by atoms with Gasteiger partial charge in [-0.2, -0.15) is 0 Å². The van der Waals surface area contributed by atoms with E-state index in [4.69, 9.17) is 4.74 Å². The first-order valence-corrected chi connectivity index (χ1v) is 8.68. The molecule has 10 heteroatoms. The van der Waals surface area contributed by atoms with Gasteiger partial charge in [0.2, 0.25) is 15.8 Å². The number of carbonyl (C=O) groups is 1. The van der Waals surface area contributed by atoms with Crippen molar-refractivity contribution in [3.63, 3.8) is 0 Å². The number of hydrogen-bond donors (Lipinski definition) is 0. The van der Waals surface area contributed by atoms with Crippen molar-refractivity contribution < 1.29 is 27.6 Å². The van der Waals surface area contributed by atoms with E-state index >= 15 is 0 Å². The Balaban J connectivity index is 2.81. The molecule has 2 rings (SSSR count). The van der Waals surface area contributed by atoms with Crippen molar-refractivity contribution >= 4 is 21.7 Å². The molecule has 0 bridgehead atoms. The molecule has 9 nitrogen and oxygen atoms in total. The summed E-state index contributed by atoms with van der Waals surface area (Å²) in [6.45, 7) is 0. The number of hydrogen-bond acceptors (Lipinski definition) is 7. The van der Waals surface area contributed by atoms with E-state index < -0.39 is 37.2 Å². The highest BCUT2D eigenvalue weighted by Gasteiger charge is 2.32. The Kier molecular flexibility index (Phi) is 5.58. The third-order valence-electron chi connectivity index (χ3n) is 3.37. The van der Waals surface area contributed by atoms with E-state index in [0.29, 0.717) is 0 Å². The Morgan fingerprint density at radius 2 is 1.77 bits per heavy atom. The molecule has 0 spiro atoms. The maximum atomic E-state index is 12.7. The van der Waals surface area contributed by atoms with Crippen molar-refractivity contribution in [2.75, 3.05) is 21.2 Å². The van der Waals surface area contributed by atoms with E-state index in [9.17, 15) is 23.3 Å². The molecule has 0 amide bonds. The first-order chi connectivity index (χ1) is 12.2. The Morgan fingerprint density at radius 1 is 1.15 bits per heavy atom. The molecule has 2 aromatic carbocycles. The van der Waals surface area contributed by atoms with Gasteiger partial charge in [0, 0.05) is 20.2 Å². The molecule has 0 unspecified atom stereocenters. The predicted octanol–water partition coefficient (Wildman–Crippen LogP) is 2.42. The lowest BCUT2D eigenvalue weighted by Gasteiger charge is -2.16. The van der Waals surface area contributed by atoms with Crippen molar-refractivity contribution in [3.05, 3.63) is 58.1 Å². The lowest BCUT2D eigenvalue weighted by molar-refractivity contribution is -0.385. The van der Waals surface area contributed by atoms with Gasteiger partial charge in [-0.25, -0.2) is 17.5 Å². The number of para-hydroxylation sites is 1. The zero-order valence-corrected chi connectivity index (χ0v) is 15.0. The number of sulfonamides is 1.